The van der Waals surface area contributed by atoms with Gasteiger partial charge in [-0.15, -0.1) is 0 Å². The van der Waals surface area contributed by atoms with Crippen LogP contribution in [0.25, 0.3) is 11.1 Å². The largest absolute Gasteiger partial charge is 0.524 e. The number of hydrogen-bond acceptors (Lipinski definition) is 3. The predicted molar refractivity (Wildman–Crippen MR) is 90.5 cm³/mol. The third-order valence-corrected chi connectivity index (χ3v) is 4.62. The van der Waals surface area contributed by atoms with Gasteiger partial charge in [0.05, 0.1) is 0 Å². The lowest BCUT2D eigenvalue weighted by Gasteiger charge is -2.25. The molecule has 1 aliphatic carbocycles. The number of aromatic nitrogens is 1. The van der Waals surface area contributed by atoms with Crippen molar-refractivity contribution in [1.82, 2.24) is 4.98 Å². The van der Waals surface area contributed by atoms with Gasteiger partial charge in [0, 0.05) is 17.2 Å². The van der Waals surface area contributed by atoms with Crippen molar-refractivity contribution in [1.29, 1.82) is 0 Å². The minimum absolute atomic E-state index is 0.0948. The molecule has 0 bridgehead atoms. The fourth-order valence-electron chi connectivity index (χ4n) is 3.29. The van der Waals surface area contributed by atoms with E-state index < -0.39 is 0 Å². The molecule has 22 heavy (non-hydrogen) atoms. The maximum Gasteiger partial charge on any atom is 0.505 e. The number of pyridine rings is 1. The molecule has 3 rings (SSSR count). The van der Waals surface area contributed by atoms with Gasteiger partial charge < -0.3 is 9.68 Å². The summed E-state index contributed by atoms with van der Waals surface area (Å²) >= 11 is 0. The van der Waals surface area contributed by atoms with Crippen molar-refractivity contribution >= 4 is 7.69 Å². The second-order valence-corrected chi connectivity index (χ2v) is 7.45. The summed E-state index contributed by atoms with van der Waals surface area (Å²) in [6.07, 6.45) is 1.75. The van der Waals surface area contributed by atoms with Gasteiger partial charge in [-0.25, -0.2) is 4.98 Å². The van der Waals surface area contributed by atoms with E-state index in [2.05, 4.69) is 63.9 Å². The molecule has 2 aromatic rings. The van der Waals surface area contributed by atoms with Crippen molar-refractivity contribution in [2.24, 2.45) is 0 Å². The molecule has 0 saturated heterocycles. The van der Waals surface area contributed by atoms with Gasteiger partial charge in [0.1, 0.15) is 0 Å². The highest BCUT2D eigenvalue weighted by Gasteiger charge is 2.38. The molecular weight excluding hydrogens is 273 g/mol. The lowest BCUT2D eigenvalue weighted by Crippen LogP contribution is -2.17. The summed E-state index contributed by atoms with van der Waals surface area (Å²) in [6, 6.07) is 8.70. The van der Waals surface area contributed by atoms with Gasteiger partial charge >= 0.3 is 7.69 Å². The molecule has 1 heterocycles. The van der Waals surface area contributed by atoms with Crippen LogP contribution in [0.3, 0.4) is 0 Å². The van der Waals surface area contributed by atoms with E-state index >= 15 is 0 Å². The molecule has 0 radical (unpaired) electrons. The molecule has 0 fully saturated rings. The zero-order valence-electron chi connectivity index (χ0n) is 13.9. The lowest BCUT2D eigenvalue weighted by atomic mass is 9.79. The Morgan fingerprint density at radius 1 is 1.14 bits per heavy atom. The minimum atomic E-state index is -0.362. The molecule has 0 unspecified atom stereocenters. The normalized spacial score (nSPS) is 15.2. The van der Waals surface area contributed by atoms with E-state index in [0.29, 0.717) is 5.88 Å². The Labute approximate surface area is 132 Å². The lowest BCUT2D eigenvalue weighted by molar-refractivity contribution is 0.443. The highest BCUT2D eigenvalue weighted by atomic mass is 16.5. The summed E-state index contributed by atoms with van der Waals surface area (Å²) in [6.45, 7) is 11.1. The molecule has 114 valence electrons. The van der Waals surface area contributed by atoms with E-state index in [4.69, 9.17) is 9.68 Å². The van der Waals surface area contributed by atoms with E-state index in [1.807, 2.05) is 0 Å². The van der Waals surface area contributed by atoms with Gasteiger partial charge in [-0.05, 0) is 33.7 Å². The average molecular weight is 295 g/mol. The summed E-state index contributed by atoms with van der Waals surface area (Å²) in [5.74, 6) is 0.510. The van der Waals surface area contributed by atoms with E-state index in [0.717, 1.165) is 11.1 Å². The van der Waals surface area contributed by atoms with Crippen LogP contribution >= 0.6 is 0 Å². The van der Waals surface area contributed by atoms with Crippen LogP contribution in [0.1, 0.15) is 51.3 Å². The van der Waals surface area contributed by atoms with Gasteiger partial charge in [0.25, 0.3) is 0 Å². The van der Waals surface area contributed by atoms with Crippen LogP contribution in [-0.4, -0.2) is 17.7 Å². The summed E-state index contributed by atoms with van der Waals surface area (Å²) in [4.78, 5) is 4.29. The van der Waals surface area contributed by atoms with Crippen LogP contribution in [0.15, 0.2) is 30.5 Å². The fraction of sp³-hybridized carbons (Fsp3) is 0.389. The molecule has 1 aromatic heterocycles. The van der Waals surface area contributed by atoms with Crippen molar-refractivity contribution in [3.05, 3.63) is 47.2 Å². The van der Waals surface area contributed by atoms with Gasteiger partial charge in [0.15, 0.2) is 0 Å². The zero-order chi connectivity index (χ0) is 16.1. The van der Waals surface area contributed by atoms with Crippen LogP contribution in [0, 0.1) is 0 Å². The maximum atomic E-state index is 9.12. The average Bonchev–Trinajstić information content (AvgIpc) is 2.68. The van der Waals surface area contributed by atoms with Crippen LogP contribution in [-0.2, 0) is 10.8 Å². The molecule has 1 N–H and O–H groups in total. The quantitative estimate of drug-likeness (QED) is 0.864. The highest BCUT2D eigenvalue weighted by molar-refractivity contribution is 6.17. The molecule has 3 nitrogen and oxygen atoms in total. The van der Waals surface area contributed by atoms with Gasteiger partial charge in [0.2, 0.25) is 5.88 Å². The molecule has 0 spiro atoms. The molecule has 1 aliphatic rings. The summed E-state index contributed by atoms with van der Waals surface area (Å²) < 4.78 is 5.34. The van der Waals surface area contributed by atoms with E-state index in [1.54, 1.807) is 6.20 Å². The summed E-state index contributed by atoms with van der Waals surface area (Å²) in [7, 11) is -0.362. The first-order valence-corrected chi connectivity index (χ1v) is 7.65. The third-order valence-electron chi connectivity index (χ3n) is 4.62. The van der Waals surface area contributed by atoms with E-state index in [1.165, 1.54) is 16.7 Å². The monoisotopic (exact) mass is 295 g/mol. The van der Waals surface area contributed by atoms with Crippen LogP contribution < -0.4 is 4.65 Å². The SMILES string of the molecule is CC(C)(C)c1ccc2c(c1)C(C)(C)c1ccnc(OBO)c1-2. The number of hydrogen-bond donors (Lipinski definition) is 1. The maximum absolute atomic E-state index is 9.12. The molecular formula is C18H22BNO2. The topological polar surface area (TPSA) is 42.4 Å². The number of benzene rings is 1. The van der Waals surface area contributed by atoms with E-state index in [9.17, 15) is 0 Å². The Bertz CT molecular complexity index is 732. The van der Waals surface area contributed by atoms with Gasteiger partial charge in [-0.3, -0.25) is 0 Å². The zero-order valence-corrected chi connectivity index (χ0v) is 13.9. The number of nitrogens with zero attached hydrogens (tertiary/aromatic N) is 1. The molecule has 0 atom stereocenters. The number of rotatable bonds is 2. The Morgan fingerprint density at radius 3 is 2.50 bits per heavy atom. The molecule has 1 aromatic carbocycles. The third kappa shape index (κ3) is 2.14. The Hall–Kier alpha value is -1.81. The Kier molecular flexibility index (Phi) is 3.33. The first-order chi connectivity index (χ1) is 10.3. The Balaban J connectivity index is 2.26. The van der Waals surface area contributed by atoms with Crippen molar-refractivity contribution in [2.75, 3.05) is 0 Å². The second kappa shape index (κ2) is 4.85. The van der Waals surface area contributed by atoms with Crippen LogP contribution in [0.2, 0.25) is 0 Å². The fourth-order valence-corrected chi connectivity index (χ4v) is 3.29. The molecule has 4 heteroatoms. The van der Waals surface area contributed by atoms with Gasteiger partial charge in [-0.2, -0.15) is 0 Å². The molecule has 0 saturated carbocycles. The Morgan fingerprint density at radius 2 is 1.86 bits per heavy atom. The number of fused-ring (bicyclic) bond motifs is 3. The molecule has 0 amide bonds. The second-order valence-electron chi connectivity index (χ2n) is 7.45. The minimum Gasteiger partial charge on any atom is -0.524 e. The standard InChI is InChI=1S/C18H22BNO2/c1-17(2,3)11-6-7-12-14(10-11)18(4,5)13-8-9-20-16(15(12)13)22-19-21/h6-10,19,21H,1-5H3. The first kappa shape index (κ1) is 15.1. The molecule has 0 aliphatic heterocycles. The van der Waals surface area contributed by atoms with Gasteiger partial charge in [-0.1, -0.05) is 52.8 Å². The van der Waals surface area contributed by atoms with Crippen LogP contribution in [0.4, 0.5) is 0 Å². The van der Waals surface area contributed by atoms with Crippen LogP contribution in [0.5, 0.6) is 5.88 Å². The van der Waals surface area contributed by atoms with Crippen molar-refractivity contribution in [2.45, 2.75) is 45.4 Å². The highest BCUT2D eigenvalue weighted by Crippen LogP contribution is 2.52. The van der Waals surface area contributed by atoms with E-state index in [-0.39, 0.29) is 18.5 Å². The smallest absolute Gasteiger partial charge is 0.505 e. The first-order valence-electron chi connectivity index (χ1n) is 7.65. The van der Waals surface area contributed by atoms with Crippen molar-refractivity contribution in [3.63, 3.8) is 0 Å². The predicted octanol–water partition coefficient (Wildman–Crippen LogP) is 3.32. The summed E-state index contributed by atoms with van der Waals surface area (Å²) in [5, 5.41) is 9.12. The summed E-state index contributed by atoms with van der Waals surface area (Å²) in [5.41, 5.74) is 6.01. The van der Waals surface area contributed by atoms with Crippen molar-refractivity contribution in [3.8, 4) is 17.0 Å². The van der Waals surface area contributed by atoms with Crippen molar-refractivity contribution < 1.29 is 9.68 Å².